The van der Waals surface area contributed by atoms with E-state index in [2.05, 4.69) is 13.8 Å². The summed E-state index contributed by atoms with van der Waals surface area (Å²) in [6.07, 6.45) is 1.90. The van der Waals surface area contributed by atoms with Gasteiger partial charge >= 0.3 is 0 Å². The molecule has 0 spiro atoms. The minimum atomic E-state index is 0.0149. The molecule has 1 amide bonds. The molecule has 0 radical (unpaired) electrons. The van der Waals surface area contributed by atoms with Gasteiger partial charge in [0.2, 0.25) is 0 Å². The first-order chi connectivity index (χ1) is 11.6. The first kappa shape index (κ1) is 18.6. The zero-order valence-electron chi connectivity index (χ0n) is 15.2. The molecule has 5 heteroatoms. The molecule has 1 aromatic rings. The summed E-state index contributed by atoms with van der Waals surface area (Å²) in [6, 6.07) is 5.53. The van der Waals surface area contributed by atoms with Crippen LogP contribution in [-0.2, 0) is 4.74 Å². The van der Waals surface area contributed by atoms with Crippen molar-refractivity contribution in [3.8, 4) is 11.5 Å². The fraction of sp³-hybridized carbons (Fsp3) is 0.632. The SMILES string of the molecule is CCCOc1ccc(C(=O)N2CC(C)OCC2C)cc1OCCC. The monoisotopic (exact) mass is 335 g/mol. The number of amides is 1. The second-order valence-electron chi connectivity index (χ2n) is 6.31. The maximum Gasteiger partial charge on any atom is 0.254 e. The Bertz CT molecular complexity index is 546. The Morgan fingerprint density at radius 1 is 1.17 bits per heavy atom. The zero-order valence-corrected chi connectivity index (χ0v) is 15.2. The van der Waals surface area contributed by atoms with E-state index < -0.39 is 0 Å². The second kappa shape index (κ2) is 8.92. The van der Waals surface area contributed by atoms with Crippen molar-refractivity contribution >= 4 is 5.91 Å². The number of carbonyl (C=O) groups excluding carboxylic acids is 1. The first-order valence-corrected chi connectivity index (χ1v) is 8.89. The van der Waals surface area contributed by atoms with E-state index in [9.17, 15) is 4.79 Å². The highest BCUT2D eigenvalue weighted by atomic mass is 16.5. The molecule has 1 saturated heterocycles. The number of carbonyl (C=O) groups is 1. The van der Waals surface area contributed by atoms with Gasteiger partial charge in [-0.05, 0) is 44.9 Å². The van der Waals surface area contributed by atoms with E-state index in [4.69, 9.17) is 14.2 Å². The van der Waals surface area contributed by atoms with Gasteiger partial charge in [0.25, 0.3) is 5.91 Å². The van der Waals surface area contributed by atoms with Crippen LogP contribution in [0.3, 0.4) is 0 Å². The van der Waals surface area contributed by atoms with Crippen LogP contribution in [0.1, 0.15) is 50.9 Å². The number of morpholine rings is 1. The van der Waals surface area contributed by atoms with Gasteiger partial charge in [-0.15, -0.1) is 0 Å². The lowest BCUT2D eigenvalue weighted by Crippen LogP contribution is -2.50. The van der Waals surface area contributed by atoms with E-state index in [1.807, 2.05) is 30.9 Å². The van der Waals surface area contributed by atoms with E-state index >= 15 is 0 Å². The van der Waals surface area contributed by atoms with Gasteiger partial charge in [-0.25, -0.2) is 0 Å². The van der Waals surface area contributed by atoms with Crippen molar-refractivity contribution in [1.82, 2.24) is 4.90 Å². The maximum atomic E-state index is 12.9. The fourth-order valence-corrected chi connectivity index (χ4v) is 2.65. The number of nitrogens with zero attached hydrogens (tertiary/aromatic N) is 1. The molecule has 1 heterocycles. The Balaban J connectivity index is 2.20. The molecule has 0 bridgehead atoms. The summed E-state index contributed by atoms with van der Waals surface area (Å²) in [5.41, 5.74) is 0.630. The molecule has 0 aliphatic carbocycles. The summed E-state index contributed by atoms with van der Waals surface area (Å²) < 4.78 is 17.1. The normalized spacial score (nSPS) is 20.8. The van der Waals surface area contributed by atoms with E-state index in [1.165, 1.54) is 0 Å². The predicted molar refractivity (Wildman–Crippen MR) is 93.9 cm³/mol. The number of benzene rings is 1. The highest BCUT2D eigenvalue weighted by Gasteiger charge is 2.28. The lowest BCUT2D eigenvalue weighted by molar-refractivity contribution is -0.0387. The van der Waals surface area contributed by atoms with Crippen LogP contribution < -0.4 is 9.47 Å². The quantitative estimate of drug-likeness (QED) is 0.765. The van der Waals surface area contributed by atoms with Gasteiger partial charge in [0.15, 0.2) is 11.5 Å². The summed E-state index contributed by atoms with van der Waals surface area (Å²) >= 11 is 0. The molecule has 2 unspecified atom stereocenters. The topological polar surface area (TPSA) is 48.0 Å². The van der Waals surface area contributed by atoms with Gasteiger partial charge < -0.3 is 19.1 Å². The van der Waals surface area contributed by atoms with Crippen molar-refractivity contribution in [1.29, 1.82) is 0 Å². The number of hydrogen-bond donors (Lipinski definition) is 0. The molecule has 1 aliphatic rings. The van der Waals surface area contributed by atoms with E-state index in [0.717, 1.165) is 12.8 Å². The number of rotatable bonds is 7. The van der Waals surface area contributed by atoms with Crippen molar-refractivity contribution < 1.29 is 19.0 Å². The van der Waals surface area contributed by atoms with Crippen molar-refractivity contribution in [2.75, 3.05) is 26.4 Å². The largest absolute Gasteiger partial charge is 0.490 e. The van der Waals surface area contributed by atoms with E-state index in [1.54, 1.807) is 6.07 Å². The third kappa shape index (κ3) is 4.63. The third-order valence-electron chi connectivity index (χ3n) is 3.98. The summed E-state index contributed by atoms with van der Waals surface area (Å²) in [7, 11) is 0. The fourth-order valence-electron chi connectivity index (χ4n) is 2.65. The minimum Gasteiger partial charge on any atom is -0.490 e. The van der Waals surface area contributed by atoms with Crippen LogP contribution in [0.15, 0.2) is 18.2 Å². The van der Waals surface area contributed by atoms with Crippen LogP contribution >= 0.6 is 0 Å². The Kier molecular flexibility index (Phi) is 6.91. The van der Waals surface area contributed by atoms with Gasteiger partial charge in [-0.3, -0.25) is 4.79 Å². The third-order valence-corrected chi connectivity index (χ3v) is 3.98. The molecular formula is C19H29NO4. The van der Waals surface area contributed by atoms with Gasteiger partial charge in [0.1, 0.15) is 0 Å². The van der Waals surface area contributed by atoms with Crippen LogP contribution in [0.5, 0.6) is 11.5 Å². The second-order valence-corrected chi connectivity index (χ2v) is 6.31. The van der Waals surface area contributed by atoms with Crippen LogP contribution in [0.4, 0.5) is 0 Å². The van der Waals surface area contributed by atoms with Crippen LogP contribution in [-0.4, -0.2) is 49.3 Å². The van der Waals surface area contributed by atoms with Crippen molar-refractivity contribution in [2.45, 2.75) is 52.7 Å². The number of hydrogen-bond acceptors (Lipinski definition) is 4. The highest BCUT2D eigenvalue weighted by molar-refractivity contribution is 5.95. The molecule has 0 aromatic heterocycles. The number of ether oxygens (including phenoxy) is 3. The van der Waals surface area contributed by atoms with Gasteiger partial charge in [-0.2, -0.15) is 0 Å². The Morgan fingerprint density at radius 3 is 2.50 bits per heavy atom. The standard InChI is InChI=1S/C19H29NO4/c1-5-9-22-17-8-7-16(11-18(17)23-10-6-2)19(21)20-12-15(4)24-13-14(20)3/h7-8,11,14-15H,5-6,9-10,12-13H2,1-4H3. The van der Waals surface area contributed by atoms with Gasteiger partial charge in [0.05, 0.1) is 32.0 Å². The Labute approximate surface area is 144 Å². The molecule has 0 saturated carbocycles. The lowest BCUT2D eigenvalue weighted by Gasteiger charge is -2.36. The summed E-state index contributed by atoms with van der Waals surface area (Å²) in [5, 5.41) is 0. The molecule has 0 N–H and O–H groups in total. The Morgan fingerprint density at radius 2 is 1.83 bits per heavy atom. The molecule has 134 valence electrons. The van der Waals surface area contributed by atoms with Crippen molar-refractivity contribution in [3.63, 3.8) is 0 Å². The van der Waals surface area contributed by atoms with Crippen molar-refractivity contribution in [2.24, 2.45) is 0 Å². The first-order valence-electron chi connectivity index (χ1n) is 8.89. The van der Waals surface area contributed by atoms with Gasteiger partial charge in [0, 0.05) is 12.1 Å². The van der Waals surface area contributed by atoms with Gasteiger partial charge in [-0.1, -0.05) is 13.8 Å². The minimum absolute atomic E-state index is 0.0149. The van der Waals surface area contributed by atoms with Crippen LogP contribution in [0, 0.1) is 0 Å². The molecule has 24 heavy (non-hydrogen) atoms. The zero-order chi connectivity index (χ0) is 17.5. The van der Waals surface area contributed by atoms with E-state index in [-0.39, 0.29) is 18.1 Å². The van der Waals surface area contributed by atoms with Crippen molar-refractivity contribution in [3.05, 3.63) is 23.8 Å². The molecule has 2 rings (SSSR count). The smallest absolute Gasteiger partial charge is 0.254 e. The lowest BCUT2D eigenvalue weighted by atomic mass is 10.1. The van der Waals surface area contributed by atoms with Crippen LogP contribution in [0.25, 0.3) is 0 Å². The van der Waals surface area contributed by atoms with Crippen LogP contribution in [0.2, 0.25) is 0 Å². The maximum absolute atomic E-state index is 12.9. The molecule has 2 atom stereocenters. The molecule has 5 nitrogen and oxygen atoms in total. The molecular weight excluding hydrogens is 306 g/mol. The molecule has 1 aromatic carbocycles. The summed E-state index contributed by atoms with van der Waals surface area (Å²) in [6.45, 7) is 10.5. The Hall–Kier alpha value is -1.75. The summed E-state index contributed by atoms with van der Waals surface area (Å²) in [4.78, 5) is 14.8. The van der Waals surface area contributed by atoms with E-state index in [0.29, 0.717) is 43.4 Å². The average molecular weight is 335 g/mol. The highest BCUT2D eigenvalue weighted by Crippen LogP contribution is 2.30. The summed E-state index contributed by atoms with van der Waals surface area (Å²) in [5.74, 6) is 1.36. The average Bonchev–Trinajstić information content (AvgIpc) is 2.59. The predicted octanol–water partition coefficient (Wildman–Crippen LogP) is 3.51. The molecule has 1 fully saturated rings. The molecule has 1 aliphatic heterocycles.